The molecule has 4 saturated carbocycles. The molecule has 4 heteroatoms. The van der Waals surface area contributed by atoms with Gasteiger partial charge in [-0.15, -0.1) is 0 Å². The van der Waals surface area contributed by atoms with E-state index in [0.29, 0.717) is 27.5 Å². The molecule has 0 heterocycles. The van der Waals surface area contributed by atoms with Gasteiger partial charge in [-0.1, -0.05) is 61.3 Å². The average Bonchev–Trinajstić information content (AvgIpc) is 2.63. The summed E-state index contributed by atoms with van der Waals surface area (Å²) in [4.78, 5) is 0. The Kier molecular flexibility index (Phi) is 5.12. The van der Waals surface area contributed by atoms with E-state index in [1.165, 1.54) is 44.1 Å². The Morgan fingerprint density at radius 2 is 1.67 bits per heavy atom. The second-order valence-corrected chi connectivity index (χ2v) is 11.7. The van der Waals surface area contributed by atoms with Gasteiger partial charge in [-0.3, -0.25) is 0 Å². The van der Waals surface area contributed by atoms with Gasteiger partial charge in [0.25, 0.3) is 0 Å². The van der Waals surface area contributed by atoms with Gasteiger partial charge in [0, 0.05) is 33.3 Å². The molecule has 0 radical (unpaired) electrons. The number of ether oxygens (including phenoxy) is 1. The highest BCUT2D eigenvalue weighted by atomic mass is 35.5. The maximum Gasteiger partial charge on any atom is 0.124 e. The number of nitrogens with one attached hydrogen (secondary N) is 1. The third kappa shape index (κ3) is 3.99. The minimum Gasteiger partial charge on any atom is -0.489 e. The smallest absolute Gasteiger partial charge is 0.124 e. The van der Waals surface area contributed by atoms with Crippen molar-refractivity contribution in [2.45, 2.75) is 71.1 Å². The number of halogens is 2. The zero-order chi connectivity index (χ0) is 21.0. The van der Waals surface area contributed by atoms with Crippen molar-refractivity contribution in [1.82, 2.24) is 5.32 Å². The van der Waals surface area contributed by atoms with Gasteiger partial charge in [-0.05, 0) is 73.5 Å². The lowest BCUT2D eigenvalue weighted by atomic mass is 9.43. The van der Waals surface area contributed by atoms with Crippen LogP contribution < -0.4 is 10.1 Å². The molecule has 30 heavy (non-hydrogen) atoms. The Morgan fingerprint density at radius 3 is 2.37 bits per heavy atom. The van der Waals surface area contributed by atoms with E-state index < -0.39 is 0 Å². The van der Waals surface area contributed by atoms with Crippen LogP contribution in [0.4, 0.5) is 0 Å². The Labute approximate surface area is 190 Å². The largest absolute Gasteiger partial charge is 0.489 e. The van der Waals surface area contributed by atoms with Gasteiger partial charge in [0.1, 0.15) is 12.4 Å². The summed E-state index contributed by atoms with van der Waals surface area (Å²) < 4.78 is 6.19. The molecule has 2 atom stereocenters. The standard InChI is InChI=1S/C26H31Cl2NO/c1-24-10-18-11-25(2,15-24)17-26(12-18,16-24)29-13-19-5-3-4-6-23(19)30-14-20-7-8-21(27)9-22(20)28/h3-9,18,29H,10-17H2,1-2H3. The van der Waals surface area contributed by atoms with Crippen molar-refractivity contribution in [2.75, 3.05) is 0 Å². The predicted molar refractivity (Wildman–Crippen MR) is 124 cm³/mol. The molecule has 2 aromatic carbocycles. The summed E-state index contributed by atoms with van der Waals surface area (Å²) >= 11 is 12.3. The second-order valence-electron chi connectivity index (χ2n) is 10.9. The zero-order valence-electron chi connectivity index (χ0n) is 17.9. The topological polar surface area (TPSA) is 21.3 Å². The molecule has 4 aliphatic rings. The lowest BCUT2D eigenvalue weighted by Crippen LogP contribution is -2.63. The maximum absolute atomic E-state index is 6.32. The monoisotopic (exact) mass is 443 g/mol. The van der Waals surface area contributed by atoms with Crippen LogP contribution in [0.15, 0.2) is 42.5 Å². The van der Waals surface area contributed by atoms with E-state index in [1.807, 2.05) is 18.2 Å². The van der Waals surface area contributed by atoms with Gasteiger partial charge in [-0.2, -0.15) is 0 Å². The number of hydrogen-bond donors (Lipinski definition) is 1. The summed E-state index contributed by atoms with van der Waals surface area (Å²) in [6.07, 6.45) is 8.22. The molecule has 4 aliphatic carbocycles. The van der Waals surface area contributed by atoms with Crippen LogP contribution >= 0.6 is 23.2 Å². The van der Waals surface area contributed by atoms with Crippen molar-refractivity contribution < 1.29 is 4.74 Å². The number of para-hydroxylation sites is 1. The lowest BCUT2D eigenvalue weighted by Gasteiger charge is -2.65. The van der Waals surface area contributed by atoms with Crippen molar-refractivity contribution >= 4 is 23.2 Å². The summed E-state index contributed by atoms with van der Waals surface area (Å²) in [5.41, 5.74) is 3.49. The van der Waals surface area contributed by atoms with Gasteiger partial charge in [0.15, 0.2) is 0 Å². The summed E-state index contributed by atoms with van der Waals surface area (Å²) in [6.45, 7) is 6.35. The number of hydrogen-bond acceptors (Lipinski definition) is 2. The lowest BCUT2D eigenvalue weighted by molar-refractivity contribution is -0.118. The predicted octanol–water partition coefficient (Wildman–Crippen LogP) is 7.41. The first-order chi connectivity index (χ1) is 14.3. The molecule has 0 saturated heterocycles. The normalized spacial score (nSPS) is 34.3. The minimum atomic E-state index is 0.287. The van der Waals surface area contributed by atoms with Gasteiger partial charge in [0.05, 0.1) is 0 Å². The van der Waals surface area contributed by atoms with Gasteiger partial charge in [0.2, 0.25) is 0 Å². The summed E-state index contributed by atoms with van der Waals surface area (Å²) in [7, 11) is 0. The van der Waals surface area contributed by atoms with Crippen molar-refractivity contribution in [3.8, 4) is 5.75 Å². The Morgan fingerprint density at radius 1 is 0.933 bits per heavy atom. The van der Waals surface area contributed by atoms with Crippen LogP contribution in [0.3, 0.4) is 0 Å². The molecule has 0 aromatic heterocycles. The Balaban J connectivity index is 1.29. The molecule has 0 amide bonds. The molecule has 4 bridgehead atoms. The first-order valence-electron chi connectivity index (χ1n) is 11.2. The van der Waals surface area contributed by atoms with Crippen LogP contribution in [0.5, 0.6) is 5.75 Å². The van der Waals surface area contributed by atoms with Crippen LogP contribution in [-0.4, -0.2) is 5.54 Å². The summed E-state index contributed by atoms with van der Waals surface area (Å²) in [5, 5.41) is 5.32. The quantitative estimate of drug-likeness (QED) is 0.501. The van der Waals surface area contributed by atoms with E-state index in [2.05, 4.69) is 37.4 Å². The highest BCUT2D eigenvalue weighted by molar-refractivity contribution is 6.35. The van der Waals surface area contributed by atoms with E-state index in [1.54, 1.807) is 6.07 Å². The number of benzene rings is 2. The minimum absolute atomic E-state index is 0.287. The van der Waals surface area contributed by atoms with E-state index in [0.717, 1.165) is 23.8 Å². The van der Waals surface area contributed by atoms with Crippen LogP contribution in [-0.2, 0) is 13.2 Å². The van der Waals surface area contributed by atoms with Crippen molar-refractivity contribution in [3.63, 3.8) is 0 Å². The van der Waals surface area contributed by atoms with E-state index in [4.69, 9.17) is 27.9 Å². The highest BCUT2D eigenvalue weighted by Gasteiger charge is 2.59. The molecular formula is C26H31Cl2NO. The molecule has 4 fully saturated rings. The molecule has 2 aromatic rings. The van der Waals surface area contributed by atoms with Crippen molar-refractivity contribution in [3.05, 3.63) is 63.6 Å². The molecule has 0 aliphatic heterocycles. The average molecular weight is 444 g/mol. The van der Waals surface area contributed by atoms with Crippen LogP contribution in [0.1, 0.15) is 63.5 Å². The fraction of sp³-hybridized carbons (Fsp3) is 0.538. The first kappa shape index (κ1) is 20.7. The maximum atomic E-state index is 6.32. The van der Waals surface area contributed by atoms with E-state index >= 15 is 0 Å². The van der Waals surface area contributed by atoms with Crippen LogP contribution in [0.25, 0.3) is 0 Å². The van der Waals surface area contributed by atoms with Crippen LogP contribution in [0.2, 0.25) is 10.0 Å². The molecule has 6 rings (SSSR count). The third-order valence-corrected chi connectivity index (χ3v) is 8.24. The first-order valence-corrected chi connectivity index (χ1v) is 11.9. The van der Waals surface area contributed by atoms with Gasteiger partial charge >= 0.3 is 0 Å². The number of rotatable bonds is 6. The Hall–Kier alpha value is -1.22. The summed E-state index contributed by atoms with van der Waals surface area (Å²) in [5.74, 6) is 1.82. The molecule has 160 valence electrons. The molecule has 0 spiro atoms. The fourth-order valence-electron chi connectivity index (χ4n) is 7.51. The Bertz CT molecular complexity index is 940. The van der Waals surface area contributed by atoms with Gasteiger partial charge in [-0.25, -0.2) is 0 Å². The van der Waals surface area contributed by atoms with Crippen LogP contribution in [0, 0.1) is 16.7 Å². The zero-order valence-corrected chi connectivity index (χ0v) is 19.5. The molecule has 2 nitrogen and oxygen atoms in total. The SMILES string of the molecule is CC12CC3CC(C)(C1)CC(NCc1ccccc1OCc1ccc(Cl)cc1Cl)(C3)C2. The molecule has 2 unspecified atom stereocenters. The fourth-order valence-corrected chi connectivity index (χ4v) is 7.98. The van der Waals surface area contributed by atoms with E-state index in [9.17, 15) is 0 Å². The van der Waals surface area contributed by atoms with Crippen molar-refractivity contribution in [2.24, 2.45) is 16.7 Å². The molecule has 1 N–H and O–H groups in total. The second kappa shape index (κ2) is 7.43. The van der Waals surface area contributed by atoms with Crippen molar-refractivity contribution in [1.29, 1.82) is 0 Å². The molecular weight excluding hydrogens is 413 g/mol. The van der Waals surface area contributed by atoms with Gasteiger partial charge < -0.3 is 10.1 Å². The highest BCUT2D eigenvalue weighted by Crippen LogP contribution is 2.66. The van der Waals surface area contributed by atoms with E-state index in [-0.39, 0.29) is 5.54 Å². The third-order valence-electron chi connectivity index (χ3n) is 7.65. The summed E-state index contributed by atoms with van der Waals surface area (Å²) in [6, 6.07) is 13.9.